The summed E-state index contributed by atoms with van der Waals surface area (Å²) in [7, 11) is 0. The van der Waals surface area contributed by atoms with Gasteiger partial charge in [0.2, 0.25) is 5.91 Å². The van der Waals surface area contributed by atoms with Crippen LogP contribution in [0, 0.1) is 0 Å². The third kappa shape index (κ3) is 4.77. The van der Waals surface area contributed by atoms with Crippen molar-refractivity contribution in [3.05, 3.63) is 59.7 Å². The maximum Gasteiger partial charge on any atom is 0.407 e. The van der Waals surface area contributed by atoms with Crippen molar-refractivity contribution in [2.75, 3.05) is 13.2 Å². The molecule has 1 aliphatic carbocycles. The molecule has 30 heavy (non-hydrogen) atoms. The van der Waals surface area contributed by atoms with Gasteiger partial charge in [-0.15, -0.1) is 0 Å². The number of carboxylic acid groups (broad SMARTS) is 1. The molecule has 0 saturated carbocycles. The highest BCUT2D eigenvalue weighted by Gasteiger charge is 2.29. The summed E-state index contributed by atoms with van der Waals surface area (Å²) >= 11 is 0. The number of fused-ring (bicyclic) bond motifs is 3. The molecule has 2 aromatic rings. The molecule has 0 aliphatic heterocycles. The standard InChI is InChI=1S/C22H24N2O6/c1-13(10-20(26)24-19(11-25)21(27)28)23-22(29)30-12-18-16-8-4-2-6-14(16)15-7-3-5-9-17(15)18/h2-9,13,18-19,25H,10-12H2,1H3,(H,23,29)(H,24,26)(H,27,28)/t13-,19-/m1/s1. The molecule has 1 aliphatic rings. The van der Waals surface area contributed by atoms with E-state index in [2.05, 4.69) is 10.6 Å². The lowest BCUT2D eigenvalue weighted by Crippen LogP contribution is -2.45. The fourth-order valence-electron chi connectivity index (χ4n) is 3.61. The second-order valence-electron chi connectivity index (χ2n) is 7.22. The molecule has 2 amide bonds. The monoisotopic (exact) mass is 412 g/mol. The first kappa shape index (κ1) is 21.3. The number of rotatable bonds is 8. The van der Waals surface area contributed by atoms with E-state index in [1.165, 1.54) is 0 Å². The zero-order chi connectivity index (χ0) is 21.7. The minimum atomic E-state index is -1.38. The molecule has 4 N–H and O–H groups in total. The van der Waals surface area contributed by atoms with Crippen LogP contribution in [0.5, 0.6) is 0 Å². The van der Waals surface area contributed by atoms with Crippen LogP contribution < -0.4 is 10.6 Å². The van der Waals surface area contributed by atoms with E-state index in [0.717, 1.165) is 22.3 Å². The van der Waals surface area contributed by atoms with Crippen LogP contribution in [0.3, 0.4) is 0 Å². The zero-order valence-corrected chi connectivity index (χ0v) is 16.5. The predicted molar refractivity (Wildman–Crippen MR) is 109 cm³/mol. The molecule has 0 radical (unpaired) electrons. The van der Waals surface area contributed by atoms with Crippen molar-refractivity contribution in [3.8, 4) is 11.1 Å². The zero-order valence-electron chi connectivity index (χ0n) is 16.5. The summed E-state index contributed by atoms with van der Waals surface area (Å²) in [6.07, 6.45) is -0.803. The van der Waals surface area contributed by atoms with E-state index in [1.807, 2.05) is 48.5 Å². The van der Waals surface area contributed by atoms with Gasteiger partial charge in [0.05, 0.1) is 6.61 Å². The lowest BCUT2D eigenvalue weighted by atomic mass is 9.98. The Morgan fingerprint density at radius 1 is 1.00 bits per heavy atom. The number of carboxylic acids is 1. The number of carbonyl (C=O) groups excluding carboxylic acids is 2. The van der Waals surface area contributed by atoms with E-state index in [4.69, 9.17) is 14.9 Å². The first-order valence-electron chi connectivity index (χ1n) is 9.65. The van der Waals surface area contributed by atoms with Gasteiger partial charge in [-0.3, -0.25) is 4.79 Å². The third-order valence-corrected chi connectivity index (χ3v) is 5.02. The van der Waals surface area contributed by atoms with E-state index in [0.29, 0.717) is 0 Å². The van der Waals surface area contributed by atoms with Gasteiger partial charge < -0.3 is 25.6 Å². The van der Waals surface area contributed by atoms with Crippen LogP contribution in [0.15, 0.2) is 48.5 Å². The lowest BCUT2D eigenvalue weighted by molar-refractivity contribution is -0.143. The third-order valence-electron chi connectivity index (χ3n) is 5.02. The molecule has 0 bridgehead atoms. The lowest BCUT2D eigenvalue weighted by Gasteiger charge is -2.18. The summed E-state index contributed by atoms with van der Waals surface area (Å²) < 4.78 is 5.42. The number of hydrogen-bond acceptors (Lipinski definition) is 5. The molecule has 158 valence electrons. The van der Waals surface area contributed by atoms with Gasteiger partial charge in [0.15, 0.2) is 0 Å². The predicted octanol–water partition coefficient (Wildman–Crippen LogP) is 1.87. The highest BCUT2D eigenvalue weighted by atomic mass is 16.5. The fraction of sp³-hybridized carbons (Fsp3) is 0.318. The normalized spacial score (nSPS) is 14.2. The first-order valence-corrected chi connectivity index (χ1v) is 9.65. The van der Waals surface area contributed by atoms with Gasteiger partial charge in [0, 0.05) is 18.4 Å². The number of amides is 2. The Bertz CT molecular complexity index is 899. The summed E-state index contributed by atoms with van der Waals surface area (Å²) in [5, 5.41) is 22.6. The summed E-state index contributed by atoms with van der Waals surface area (Å²) in [6.45, 7) is 1.05. The van der Waals surface area contributed by atoms with Gasteiger partial charge in [-0.1, -0.05) is 48.5 Å². The fourth-order valence-corrected chi connectivity index (χ4v) is 3.61. The maximum atomic E-state index is 12.2. The smallest absolute Gasteiger partial charge is 0.407 e. The molecule has 0 saturated heterocycles. The van der Waals surface area contributed by atoms with Crippen molar-refractivity contribution < 1.29 is 29.3 Å². The summed E-state index contributed by atoms with van der Waals surface area (Å²) in [4.78, 5) is 34.9. The Balaban J connectivity index is 1.54. The topological polar surface area (TPSA) is 125 Å². The molecular formula is C22H24N2O6. The highest BCUT2D eigenvalue weighted by molar-refractivity contribution is 5.84. The first-order chi connectivity index (χ1) is 14.4. The van der Waals surface area contributed by atoms with E-state index in [1.54, 1.807) is 6.92 Å². The molecule has 0 spiro atoms. The maximum absolute atomic E-state index is 12.2. The van der Waals surface area contributed by atoms with Crippen LogP contribution >= 0.6 is 0 Å². The van der Waals surface area contributed by atoms with E-state index in [9.17, 15) is 14.4 Å². The highest BCUT2D eigenvalue weighted by Crippen LogP contribution is 2.44. The van der Waals surface area contributed by atoms with Crippen molar-refractivity contribution >= 4 is 18.0 Å². The summed E-state index contributed by atoms with van der Waals surface area (Å²) in [5.41, 5.74) is 4.46. The van der Waals surface area contributed by atoms with E-state index < -0.39 is 36.7 Å². The van der Waals surface area contributed by atoms with Crippen LogP contribution in [-0.4, -0.2) is 53.5 Å². The van der Waals surface area contributed by atoms with Crippen molar-refractivity contribution in [1.29, 1.82) is 0 Å². The molecule has 0 heterocycles. The molecule has 2 aromatic carbocycles. The van der Waals surface area contributed by atoms with Crippen molar-refractivity contribution in [2.45, 2.75) is 31.3 Å². The molecule has 8 heteroatoms. The number of hydrogen-bond donors (Lipinski definition) is 4. The number of alkyl carbamates (subject to hydrolysis) is 1. The van der Waals surface area contributed by atoms with Gasteiger partial charge in [-0.25, -0.2) is 9.59 Å². The second-order valence-corrected chi connectivity index (χ2v) is 7.22. The van der Waals surface area contributed by atoms with Gasteiger partial charge in [-0.05, 0) is 29.2 Å². The van der Waals surface area contributed by atoms with Gasteiger partial charge in [-0.2, -0.15) is 0 Å². The average molecular weight is 412 g/mol. The number of aliphatic hydroxyl groups excluding tert-OH is 1. The number of ether oxygens (including phenoxy) is 1. The number of aliphatic carboxylic acids is 1. The summed E-state index contributed by atoms with van der Waals surface area (Å²) in [6, 6.07) is 14.0. The van der Waals surface area contributed by atoms with Crippen LogP contribution in [0.4, 0.5) is 4.79 Å². The van der Waals surface area contributed by atoms with Crippen molar-refractivity contribution in [1.82, 2.24) is 10.6 Å². The van der Waals surface area contributed by atoms with Gasteiger partial charge >= 0.3 is 12.1 Å². The van der Waals surface area contributed by atoms with Gasteiger partial charge in [0.25, 0.3) is 0 Å². The largest absolute Gasteiger partial charge is 0.480 e. The minimum absolute atomic E-state index is 0.0670. The van der Waals surface area contributed by atoms with Crippen molar-refractivity contribution in [2.24, 2.45) is 0 Å². The Kier molecular flexibility index (Phi) is 6.68. The molecule has 0 unspecified atom stereocenters. The molecular weight excluding hydrogens is 388 g/mol. The number of carbonyl (C=O) groups is 3. The van der Waals surface area contributed by atoms with Crippen LogP contribution in [0.2, 0.25) is 0 Å². The Labute approximate surface area is 173 Å². The Morgan fingerprint density at radius 3 is 2.10 bits per heavy atom. The molecule has 3 rings (SSSR count). The van der Waals surface area contributed by atoms with E-state index in [-0.39, 0.29) is 18.9 Å². The van der Waals surface area contributed by atoms with Crippen LogP contribution in [-0.2, 0) is 14.3 Å². The Hall–Kier alpha value is -3.39. The molecule has 0 aromatic heterocycles. The van der Waals surface area contributed by atoms with Crippen LogP contribution in [0.25, 0.3) is 11.1 Å². The van der Waals surface area contributed by atoms with Crippen molar-refractivity contribution in [3.63, 3.8) is 0 Å². The number of aliphatic hydroxyl groups is 1. The molecule has 0 fully saturated rings. The van der Waals surface area contributed by atoms with E-state index >= 15 is 0 Å². The van der Waals surface area contributed by atoms with Gasteiger partial charge in [0.1, 0.15) is 12.6 Å². The Morgan fingerprint density at radius 2 is 1.57 bits per heavy atom. The quantitative estimate of drug-likeness (QED) is 0.525. The number of benzene rings is 2. The molecule has 2 atom stereocenters. The van der Waals surface area contributed by atoms with Crippen LogP contribution in [0.1, 0.15) is 30.4 Å². The number of nitrogens with one attached hydrogen (secondary N) is 2. The average Bonchev–Trinajstić information content (AvgIpc) is 3.04. The SMILES string of the molecule is C[C@H](CC(=O)N[C@H](CO)C(=O)O)NC(=O)OCC1c2ccccc2-c2ccccc21. The molecule has 8 nitrogen and oxygen atoms in total. The second kappa shape index (κ2) is 9.41. The minimum Gasteiger partial charge on any atom is -0.480 e. The summed E-state index contributed by atoms with van der Waals surface area (Å²) in [5.74, 6) is -1.99.